The summed E-state index contributed by atoms with van der Waals surface area (Å²) in [6, 6.07) is 1.30. The van der Waals surface area contributed by atoms with Crippen LogP contribution in [0, 0.1) is 0 Å². The maximum Gasteiger partial charge on any atom is 0.330 e. The number of aromatic nitrogens is 2. The fourth-order valence-electron chi connectivity index (χ4n) is 2.92. The molecule has 1 fully saturated rings. The molecule has 8 heteroatoms. The standard InChI is InChI=1S/C18H30N2O6/c1-4-9-23-12-13-15(24-10-5-2)16(25-11-6-3)17(26-13)20-8-7-14(21)19-18(20)22/h7-8,13,15-17H,4-6,9-12H2,1-3H3,(H,19,21,22)/t13-,15-,16-,17-/m1/s1. The maximum absolute atomic E-state index is 12.2. The molecule has 26 heavy (non-hydrogen) atoms. The van der Waals surface area contributed by atoms with E-state index in [-0.39, 0.29) is 12.2 Å². The van der Waals surface area contributed by atoms with Crippen molar-refractivity contribution < 1.29 is 18.9 Å². The number of aromatic amines is 1. The van der Waals surface area contributed by atoms with Gasteiger partial charge in [0.25, 0.3) is 5.56 Å². The largest absolute Gasteiger partial charge is 0.379 e. The lowest BCUT2D eigenvalue weighted by molar-refractivity contribution is -0.0807. The highest BCUT2D eigenvalue weighted by Crippen LogP contribution is 2.33. The van der Waals surface area contributed by atoms with Crippen molar-refractivity contribution in [1.29, 1.82) is 0 Å². The van der Waals surface area contributed by atoms with Crippen LogP contribution in [0.25, 0.3) is 0 Å². The third-order valence-corrected chi connectivity index (χ3v) is 4.07. The zero-order valence-electron chi connectivity index (χ0n) is 15.8. The molecule has 1 N–H and O–H groups in total. The van der Waals surface area contributed by atoms with E-state index in [4.69, 9.17) is 18.9 Å². The fraction of sp³-hybridized carbons (Fsp3) is 0.778. The molecule has 0 spiro atoms. The fourth-order valence-corrected chi connectivity index (χ4v) is 2.92. The van der Waals surface area contributed by atoms with Crippen molar-refractivity contribution in [3.63, 3.8) is 0 Å². The van der Waals surface area contributed by atoms with Gasteiger partial charge in [-0.3, -0.25) is 14.3 Å². The monoisotopic (exact) mass is 370 g/mol. The Labute approximate surface area is 153 Å². The topological polar surface area (TPSA) is 91.8 Å². The Morgan fingerprint density at radius 3 is 2.31 bits per heavy atom. The van der Waals surface area contributed by atoms with Crippen LogP contribution in [-0.4, -0.2) is 54.3 Å². The van der Waals surface area contributed by atoms with E-state index in [2.05, 4.69) is 4.98 Å². The Morgan fingerprint density at radius 1 is 1.04 bits per heavy atom. The Hall–Kier alpha value is -1.48. The zero-order chi connectivity index (χ0) is 18.9. The van der Waals surface area contributed by atoms with E-state index in [0.717, 1.165) is 19.3 Å². The third-order valence-electron chi connectivity index (χ3n) is 4.07. The van der Waals surface area contributed by atoms with Crippen LogP contribution in [0.2, 0.25) is 0 Å². The SMILES string of the molecule is CCCOC[C@H]1O[C@@H](n2ccc(=O)[nH]c2=O)[C@H](OCCC)[C@@H]1OCCC. The molecule has 0 aromatic carbocycles. The van der Waals surface area contributed by atoms with Crippen molar-refractivity contribution in [2.24, 2.45) is 0 Å². The van der Waals surface area contributed by atoms with E-state index in [1.807, 2.05) is 20.8 Å². The molecule has 0 aliphatic carbocycles. The first-order chi connectivity index (χ1) is 12.6. The van der Waals surface area contributed by atoms with Crippen LogP contribution in [0.5, 0.6) is 0 Å². The number of hydrogen-bond donors (Lipinski definition) is 1. The normalized spacial score (nSPS) is 25.7. The van der Waals surface area contributed by atoms with Gasteiger partial charge in [0.15, 0.2) is 6.23 Å². The smallest absolute Gasteiger partial charge is 0.330 e. The van der Waals surface area contributed by atoms with E-state index in [0.29, 0.717) is 26.4 Å². The van der Waals surface area contributed by atoms with Crippen LogP contribution in [0.4, 0.5) is 0 Å². The summed E-state index contributed by atoms with van der Waals surface area (Å²) in [5.41, 5.74) is -0.978. The highest BCUT2D eigenvalue weighted by Gasteiger charge is 2.47. The van der Waals surface area contributed by atoms with Crippen molar-refractivity contribution >= 4 is 0 Å². The number of hydrogen-bond acceptors (Lipinski definition) is 6. The molecule has 148 valence electrons. The molecule has 1 aliphatic heterocycles. The summed E-state index contributed by atoms with van der Waals surface area (Å²) in [5.74, 6) is 0. The Bertz CT molecular complexity index is 643. The van der Waals surface area contributed by atoms with Gasteiger partial charge in [0.2, 0.25) is 0 Å². The molecule has 1 aromatic heterocycles. The summed E-state index contributed by atoms with van der Waals surface area (Å²) >= 11 is 0. The molecule has 1 saturated heterocycles. The van der Waals surface area contributed by atoms with Crippen LogP contribution >= 0.6 is 0 Å². The molecule has 2 rings (SSSR count). The quantitative estimate of drug-likeness (QED) is 0.593. The Balaban J connectivity index is 2.27. The van der Waals surface area contributed by atoms with Gasteiger partial charge in [0.05, 0.1) is 6.61 Å². The molecular weight excluding hydrogens is 340 g/mol. The molecule has 0 unspecified atom stereocenters. The molecule has 0 saturated carbocycles. The number of nitrogens with one attached hydrogen (secondary N) is 1. The van der Waals surface area contributed by atoms with Gasteiger partial charge in [0, 0.05) is 32.1 Å². The second-order valence-corrected chi connectivity index (χ2v) is 6.33. The summed E-state index contributed by atoms with van der Waals surface area (Å²) in [6.07, 6.45) is 2.21. The van der Waals surface area contributed by atoms with Crippen LogP contribution in [0.3, 0.4) is 0 Å². The van der Waals surface area contributed by atoms with Crippen molar-refractivity contribution in [2.75, 3.05) is 26.4 Å². The molecule has 1 aromatic rings. The average molecular weight is 370 g/mol. The number of rotatable bonds is 11. The molecule has 0 radical (unpaired) electrons. The van der Waals surface area contributed by atoms with E-state index in [1.54, 1.807) is 0 Å². The van der Waals surface area contributed by atoms with Gasteiger partial charge in [-0.1, -0.05) is 20.8 Å². The van der Waals surface area contributed by atoms with E-state index < -0.39 is 23.6 Å². The Morgan fingerprint density at radius 2 is 1.69 bits per heavy atom. The van der Waals surface area contributed by atoms with Crippen molar-refractivity contribution in [3.8, 4) is 0 Å². The predicted octanol–water partition coefficient (Wildman–Crippen LogP) is 1.45. The highest BCUT2D eigenvalue weighted by molar-refractivity contribution is 4.95. The van der Waals surface area contributed by atoms with Crippen LogP contribution in [-0.2, 0) is 18.9 Å². The van der Waals surface area contributed by atoms with Crippen molar-refractivity contribution in [2.45, 2.75) is 64.6 Å². The van der Waals surface area contributed by atoms with Crippen LogP contribution in [0.15, 0.2) is 21.9 Å². The highest BCUT2D eigenvalue weighted by atomic mass is 16.6. The molecular formula is C18H30N2O6. The molecule has 1 aliphatic rings. The van der Waals surface area contributed by atoms with Gasteiger partial charge < -0.3 is 18.9 Å². The summed E-state index contributed by atoms with van der Waals surface area (Å²) in [6.45, 7) is 8.17. The first-order valence-corrected chi connectivity index (χ1v) is 9.40. The van der Waals surface area contributed by atoms with Gasteiger partial charge in [-0.25, -0.2) is 4.79 Å². The number of ether oxygens (including phenoxy) is 4. The van der Waals surface area contributed by atoms with E-state index >= 15 is 0 Å². The summed E-state index contributed by atoms with van der Waals surface area (Å²) in [7, 11) is 0. The second-order valence-electron chi connectivity index (χ2n) is 6.33. The van der Waals surface area contributed by atoms with Gasteiger partial charge in [0.1, 0.15) is 18.3 Å². The predicted molar refractivity (Wildman–Crippen MR) is 96.4 cm³/mol. The van der Waals surface area contributed by atoms with Gasteiger partial charge in [-0.2, -0.15) is 0 Å². The second kappa shape index (κ2) is 10.6. The maximum atomic E-state index is 12.2. The molecule has 2 heterocycles. The lowest BCUT2D eigenvalue weighted by atomic mass is 10.1. The van der Waals surface area contributed by atoms with Gasteiger partial charge in [-0.15, -0.1) is 0 Å². The number of nitrogens with zero attached hydrogens (tertiary/aromatic N) is 1. The summed E-state index contributed by atoms with van der Waals surface area (Å²) < 4.78 is 25.1. The van der Waals surface area contributed by atoms with Crippen LogP contribution in [0.1, 0.15) is 46.3 Å². The number of H-pyrrole nitrogens is 1. The molecule has 4 atom stereocenters. The molecule has 8 nitrogen and oxygen atoms in total. The van der Waals surface area contributed by atoms with E-state index in [9.17, 15) is 9.59 Å². The molecule has 0 bridgehead atoms. The minimum Gasteiger partial charge on any atom is -0.379 e. The average Bonchev–Trinajstić information content (AvgIpc) is 2.95. The Kier molecular flexibility index (Phi) is 8.50. The lowest BCUT2D eigenvalue weighted by Crippen LogP contribution is -2.41. The van der Waals surface area contributed by atoms with Gasteiger partial charge >= 0.3 is 5.69 Å². The summed E-state index contributed by atoms with van der Waals surface area (Å²) in [5, 5.41) is 0. The minimum absolute atomic E-state index is 0.345. The zero-order valence-corrected chi connectivity index (χ0v) is 15.8. The van der Waals surface area contributed by atoms with E-state index in [1.165, 1.54) is 16.8 Å². The van der Waals surface area contributed by atoms with Gasteiger partial charge in [-0.05, 0) is 19.3 Å². The molecule has 0 amide bonds. The first kappa shape index (κ1) is 20.8. The summed E-state index contributed by atoms with van der Waals surface area (Å²) in [4.78, 5) is 25.9. The lowest BCUT2D eigenvalue weighted by Gasteiger charge is -2.25. The minimum atomic E-state index is -0.678. The first-order valence-electron chi connectivity index (χ1n) is 9.40. The third kappa shape index (κ3) is 5.26. The van der Waals surface area contributed by atoms with Crippen molar-refractivity contribution in [1.82, 2.24) is 9.55 Å². The van der Waals surface area contributed by atoms with Crippen LogP contribution < -0.4 is 11.2 Å². The van der Waals surface area contributed by atoms with Crippen molar-refractivity contribution in [3.05, 3.63) is 33.1 Å².